The molecule has 1 spiro atoms. The largest absolute Gasteiger partial charge is 0.493 e. The van der Waals surface area contributed by atoms with Crippen LogP contribution in [0.5, 0.6) is 11.5 Å². The van der Waals surface area contributed by atoms with Gasteiger partial charge in [0.1, 0.15) is 6.10 Å². The van der Waals surface area contributed by atoms with Gasteiger partial charge in [0.25, 0.3) is 0 Å². The standard InChI is InChI=1S/C41H52N2O3/c1-3-26-43-29-25-40-37-33-21-22-35(45-2)38(37)46-39(40)34(23-24-41(40,44)36(43)30-33)42(28-14-20-32-18-11-7-12-19-32)27-13-5-4-8-15-31-16-9-6-10-17-31/h3,6-7,9-12,16-19,21-22,34,36,39,44H,1,4-5,8,13-15,20,23-30H2,2H3/t34-,36-,39+,40+,41-/m1/s1. The van der Waals surface area contributed by atoms with E-state index < -0.39 is 11.0 Å². The summed E-state index contributed by atoms with van der Waals surface area (Å²) in [6.45, 7) is 7.94. The SMILES string of the molecule is C=CCN1CC[C@]23c4c5ccc(OC)c4O[C@H]2[C@H](N(CCCCCCc2ccccc2)CCCc2ccccc2)CC[C@@]3(O)[C@H]1C5. The van der Waals surface area contributed by atoms with Gasteiger partial charge in [-0.25, -0.2) is 0 Å². The number of piperidine rings is 1. The highest BCUT2D eigenvalue weighted by Gasteiger charge is 2.73. The number of aliphatic hydroxyl groups is 1. The van der Waals surface area contributed by atoms with E-state index in [2.05, 4.69) is 89.2 Å². The van der Waals surface area contributed by atoms with Gasteiger partial charge >= 0.3 is 0 Å². The van der Waals surface area contributed by atoms with E-state index in [1.165, 1.54) is 47.9 Å². The highest BCUT2D eigenvalue weighted by molar-refractivity contribution is 5.63. The second-order valence-electron chi connectivity index (χ2n) is 14.2. The number of likely N-dealkylation sites (tertiary alicyclic amines) is 1. The van der Waals surface area contributed by atoms with Crippen molar-refractivity contribution >= 4 is 0 Å². The molecule has 1 saturated heterocycles. The first-order valence-corrected chi connectivity index (χ1v) is 17.9. The van der Waals surface area contributed by atoms with E-state index in [0.717, 1.165) is 82.6 Å². The maximum Gasteiger partial charge on any atom is 0.165 e. The topological polar surface area (TPSA) is 45.2 Å². The van der Waals surface area contributed by atoms with Crippen molar-refractivity contribution in [2.24, 2.45) is 0 Å². The lowest BCUT2D eigenvalue weighted by Crippen LogP contribution is -2.78. The van der Waals surface area contributed by atoms with Crippen molar-refractivity contribution in [2.45, 2.75) is 99.8 Å². The minimum absolute atomic E-state index is 0.0780. The zero-order valence-electron chi connectivity index (χ0n) is 27.7. The fourth-order valence-corrected chi connectivity index (χ4v) is 9.73. The van der Waals surface area contributed by atoms with E-state index in [1.54, 1.807) is 7.11 Å². The van der Waals surface area contributed by atoms with Crippen LogP contribution >= 0.6 is 0 Å². The summed E-state index contributed by atoms with van der Waals surface area (Å²) in [6, 6.07) is 26.5. The van der Waals surface area contributed by atoms with Crippen molar-refractivity contribution in [1.29, 1.82) is 0 Å². The lowest BCUT2D eigenvalue weighted by molar-refractivity contribution is -0.198. The number of unbranched alkanes of at least 4 members (excludes halogenated alkanes) is 3. The number of aryl methyl sites for hydroxylation is 2. The Hall–Kier alpha value is -3.12. The second-order valence-corrected chi connectivity index (χ2v) is 14.2. The summed E-state index contributed by atoms with van der Waals surface area (Å²) in [7, 11) is 1.75. The van der Waals surface area contributed by atoms with Gasteiger partial charge < -0.3 is 14.6 Å². The third-order valence-corrected chi connectivity index (χ3v) is 11.8. The molecule has 0 radical (unpaired) electrons. The molecule has 7 rings (SSSR count). The smallest absolute Gasteiger partial charge is 0.165 e. The molecule has 1 saturated carbocycles. The number of methoxy groups -OCH3 is 1. The first-order chi connectivity index (χ1) is 22.6. The molecule has 2 aliphatic heterocycles. The molecular weight excluding hydrogens is 568 g/mol. The zero-order valence-corrected chi connectivity index (χ0v) is 27.7. The van der Waals surface area contributed by atoms with E-state index in [1.807, 2.05) is 6.08 Å². The summed E-state index contributed by atoms with van der Waals surface area (Å²) in [5.41, 5.74) is 4.19. The fraction of sp³-hybridized carbons (Fsp3) is 0.512. The van der Waals surface area contributed by atoms with Crippen LogP contribution in [-0.4, -0.2) is 72.0 Å². The van der Waals surface area contributed by atoms with Crippen LogP contribution in [0.4, 0.5) is 0 Å². The average molecular weight is 621 g/mol. The number of rotatable bonds is 15. The van der Waals surface area contributed by atoms with Crippen LogP contribution < -0.4 is 9.47 Å². The number of benzene rings is 3. The fourth-order valence-electron chi connectivity index (χ4n) is 9.73. The molecule has 1 N–H and O–H groups in total. The summed E-state index contributed by atoms with van der Waals surface area (Å²) < 4.78 is 13.1. The Morgan fingerprint density at radius 3 is 2.33 bits per heavy atom. The molecule has 5 atom stereocenters. The summed E-state index contributed by atoms with van der Waals surface area (Å²) in [6.07, 6.45) is 13.7. The Morgan fingerprint density at radius 2 is 1.61 bits per heavy atom. The van der Waals surface area contributed by atoms with Crippen molar-refractivity contribution in [3.05, 3.63) is 108 Å². The molecule has 0 unspecified atom stereocenters. The predicted octanol–water partition coefficient (Wildman–Crippen LogP) is 7.14. The lowest BCUT2D eigenvalue weighted by atomic mass is 9.48. The van der Waals surface area contributed by atoms with Crippen LogP contribution in [0.15, 0.2) is 85.5 Å². The maximum absolute atomic E-state index is 12.9. The third kappa shape index (κ3) is 5.48. The van der Waals surface area contributed by atoms with Gasteiger partial charge in [0.05, 0.1) is 18.1 Å². The minimum Gasteiger partial charge on any atom is -0.493 e. The summed E-state index contributed by atoms with van der Waals surface area (Å²) in [5.74, 6) is 1.71. The van der Waals surface area contributed by atoms with Gasteiger partial charge in [-0.1, -0.05) is 85.6 Å². The van der Waals surface area contributed by atoms with E-state index >= 15 is 0 Å². The van der Waals surface area contributed by atoms with Gasteiger partial charge in [0.2, 0.25) is 0 Å². The summed E-state index contributed by atoms with van der Waals surface area (Å²) in [4.78, 5) is 5.24. The van der Waals surface area contributed by atoms with E-state index in [0.29, 0.717) is 0 Å². The van der Waals surface area contributed by atoms with Gasteiger partial charge in [-0.3, -0.25) is 9.80 Å². The van der Waals surface area contributed by atoms with E-state index in [9.17, 15) is 5.11 Å². The molecule has 244 valence electrons. The molecule has 3 aromatic rings. The van der Waals surface area contributed by atoms with Crippen LogP contribution in [0.25, 0.3) is 0 Å². The summed E-state index contributed by atoms with van der Waals surface area (Å²) in [5, 5.41) is 12.9. The van der Waals surface area contributed by atoms with Crippen LogP contribution in [-0.2, 0) is 24.7 Å². The quantitative estimate of drug-likeness (QED) is 0.145. The molecule has 2 aliphatic carbocycles. The Morgan fingerprint density at radius 1 is 0.913 bits per heavy atom. The van der Waals surface area contributed by atoms with Crippen LogP contribution in [0.2, 0.25) is 0 Å². The van der Waals surface area contributed by atoms with Crippen molar-refractivity contribution in [1.82, 2.24) is 9.80 Å². The molecular formula is C41H52N2O3. The molecule has 5 nitrogen and oxygen atoms in total. The van der Waals surface area contributed by atoms with Gasteiger partial charge in [0, 0.05) is 24.2 Å². The van der Waals surface area contributed by atoms with Gasteiger partial charge in [-0.15, -0.1) is 6.58 Å². The Balaban J connectivity index is 1.13. The molecule has 3 aromatic carbocycles. The maximum atomic E-state index is 12.9. The molecule has 2 heterocycles. The van der Waals surface area contributed by atoms with Gasteiger partial charge in [0.15, 0.2) is 11.5 Å². The highest BCUT2D eigenvalue weighted by atomic mass is 16.5. The van der Waals surface area contributed by atoms with Crippen molar-refractivity contribution in [2.75, 3.05) is 33.3 Å². The highest BCUT2D eigenvalue weighted by Crippen LogP contribution is 2.66. The average Bonchev–Trinajstić information content (AvgIpc) is 3.43. The molecule has 2 fully saturated rings. The van der Waals surface area contributed by atoms with Crippen molar-refractivity contribution in [3.63, 3.8) is 0 Å². The molecule has 0 amide bonds. The Labute approximate surface area is 276 Å². The Kier molecular flexibility index (Phi) is 9.27. The molecule has 2 bridgehead atoms. The van der Waals surface area contributed by atoms with Crippen molar-refractivity contribution in [3.8, 4) is 11.5 Å². The number of hydrogen-bond donors (Lipinski definition) is 1. The monoisotopic (exact) mass is 620 g/mol. The second kappa shape index (κ2) is 13.5. The van der Waals surface area contributed by atoms with E-state index in [4.69, 9.17) is 9.47 Å². The van der Waals surface area contributed by atoms with Gasteiger partial charge in [-0.2, -0.15) is 0 Å². The van der Waals surface area contributed by atoms with E-state index in [-0.39, 0.29) is 18.2 Å². The van der Waals surface area contributed by atoms with Crippen molar-refractivity contribution < 1.29 is 14.6 Å². The lowest BCUT2D eigenvalue weighted by Gasteiger charge is -2.65. The first-order valence-electron chi connectivity index (χ1n) is 17.9. The molecule has 5 heteroatoms. The number of ether oxygens (including phenoxy) is 2. The predicted molar refractivity (Wildman–Crippen MR) is 186 cm³/mol. The van der Waals surface area contributed by atoms with Crippen LogP contribution in [0.3, 0.4) is 0 Å². The normalized spacial score (nSPS) is 27.7. The number of nitrogens with zero attached hydrogens (tertiary/aromatic N) is 2. The molecule has 0 aromatic heterocycles. The van der Waals surface area contributed by atoms with Gasteiger partial charge in [-0.05, 0) is 100 Å². The number of hydrogen-bond acceptors (Lipinski definition) is 5. The first kappa shape index (κ1) is 31.5. The zero-order chi connectivity index (χ0) is 31.6. The minimum atomic E-state index is -0.826. The van der Waals surface area contributed by atoms with Crippen LogP contribution in [0, 0.1) is 0 Å². The molecule has 46 heavy (non-hydrogen) atoms. The summed E-state index contributed by atoms with van der Waals surface area (Å²) >= 11 is 0. The van der Waals surface area contributed by atoms with Crippen LogP contribution in [0.1, 0.15) is 73.6 Å². The molecule has 4 aliphatic rings. The third-order valence-electron chi connectivity index (χ3n) is 11.8. The Bertz CT molecular complexity index is 1480.